The van der Waals surface area contributed by atoms with Gasteiger partial charge in [-0.05, 0) is 31.0 Å². The highest BCUT2D eigenvalue weighted by atomic mass is 19.1. The first-order valence-corrected chi connectivity index (χ1v) is 8.98. The van der Waals surface area contributed by atoms with Crippen molar-refractivity contribution in [3.05, 3.63) is 60.2 Å². The summed E-state index contributed by atoms with van der Waals surface area (Å²) >= 11 is 0. The van der Waals surface area contributed by atoms with Crippen molar-refractivity contribution < 1.29 is 8.78 Å². The van der Waals surface area contributed by atoms with E-state index < -0.39 is 11.6 Å². The lowest BCUT2D eigenvalue weighted by Gasteiger charge is -2.10. The molecule has 10 heteroatoms. The highest BCUT2D eigenvalue weighted by Gasteiger charge is 2.28. The maximum absolute atomic E-state index is 14.5. The Balaban J connectivity index is 1.58. The molecule has 3 heterocycles. The lowest BCUT2D eigenvalue weighted by Crippen LogP contribution is -2.05. The van der Waals surface area contributed by atoms with Gasteiger partial charge in [0.1, 0.15) is 17.2 Å². The van der Waals surface area contributed by atoms with Gasteiger partial charge in [-0.2, -0.15) is 10.1 Å². The number of hydrogen-bond donors (Lipinski definition) is 2. The van der Waals surface area contributed by atoms with Gasteiger partial charge in [-0.25, -0.2) is 18.9 Å². The molecular weight excluding hydrogens is 378 g/mol. The van der Waals surface area contributed by atoms with Gasteiger partial charge in [0.2, 0.25) is 11.9 Å². The van der Waals surface area contributed by atoms with Gasteiger partial charge in [0.15, 0.2) is 11.6 Å². The minimum atomic E-state index is -0.605. The summed E-state index contributed by atoms with van der Waals surface area (Å²) in [6.45, 7) is 0. The zero-order valence-electron chi connectivity index (χ0n) is 15.0. The summed E-state index contributed by atoms with van der Waals surface area (Å²) in [7, 11) is 0. The SMILES string of the molecule is Fc1cnccc1-c1nnc(Nc2nc(C3CC3)n[nH]2)nc1-c1ccccc1F. The fourth-order valence-corrected chi connectivity index (χ4v) is 2.93. The van der Waals surface area contributed by atoms with Crippen LogP contribution in [0.15, 0.2) is 42.7 Å². The van der Waals surface area contributed by atoms with Crippen LogP contribution in [0.1, 0.15) is 24.6 Å². The van der Waals surface area contributed by atoms with E-state index in [-0.39, 0.29) is 28.5 Å². The molecular formula is C19H14F2N8. The van der Waals surface area contributed by atoms with Crippen LogP contribution in [0.5, 0.6) is 0 Å². The van der Waals surface area contributed by atoms with E-state index in [4.69, 9.17) is 0 Å². The Labute approximate surface area is 163 Å². The van der Waals surface area contributed by atoms with Crippen molar-refractivity contribution in [1.29, 1.82) is 0 Å². The van der Waals surface area contributed by atoms with Crippen molar-refractivity contribution in [3.8, 4) is 22.5 Å². The third kappa shape index (κ3) is 3.40. The normalized spacial score (nSPS) is 13.4. The van der Waals surface area contributed by atoms with Gasteiger partial charge >= 0.3 is 0 Å². The molecule has 0 spiro atoms. The number of hydrogen-bond acceptors (Lipinski definition) is 7. The standard InChI is InChI=1S/C19H14F2N8/c20-13-4-2-1-3-11(13)15-16(12-7-8-22-9-14(12)21)26-28-18(23-15)25-19-24-17(27-29-19)10-5-6-10/h1-4,7-10H,5-6H2,(H2,23,24,25,27,28,29). The van der Waals surface area contributed by atoms with E-state index in [0.717, 1.165) is 24.9 Å². The molecule has 144 valence electrons. The lowest BCUT2D eigenvalue weighted by molar-refractivity contribution is 0.623. The van der Waals surface area contributed by atoms with Crippen LogP contribution in [-0.2, 0) is 0 Å². The van der Waals surface area contributed by atoms with E-state index >= 15 is 0 Å². The molecule has 1 fully saturated rings. The average molecular weight is 392 g/mol. The Morgan fingerprint density at radius 1 is 0.931 bits per heavy atom. The number of aromatic amines is 1. The first-order chi connectivity index (χ1) is 14.2. The molecule has 0 unspecified atom stereocenters. The number of halogens is 2. The fourth-order valence-electron chi connectivity index (χ4n) is 2.93. The second-order valence-corrected chi connectivity index (χ2v) is 6.61. The topological polar surface area (TPSA) is 105 Å². The summed E-state index contributed by atoms with van der Waals surface area (Å²) in [6, 6.07) is 7.52. The van der Waals surface area contributed by atoms with Crippen LogP contribution in [0, 0.1) is 11.6 Å². The molecule has 0 radical (unpaired) electrons. The van der Waals surface area contributed by atoms with Crippen molar-refractivity contribution in [1.82, 2.24) is 35.3 Å². The number of rotatable bonds is 5. The van der Waals surface area contributed by atoms with Crippen molar-refractivity contribution >= 4 is 11.9 Å². The lowest BCUT2D eigenvalue weighted by atomic mass is 10.0. The summed E-state index contributed by atoms with van der Waals surface area (Å²) in [5, 5.41) is 17.9. The van der Waals surface area contributed by atoms with Crippen LogP contribution in [0.25, 0.3) is 22.5 Å². The molecule has 8 nitrogen and oxygen atoms in total. The Kier molecular flexibility index (Phi) is 4.15. The number of nitrogens with one attached hydrogen (secondary N) is 2. The average Bonchev–Trinajstić information content (AvgIpc) is 3.48. The molecule has 2 N–H and O–H groups in total. The molecule has 5 rings (SSSR count). The van der Waals surface area contributed by atoms with Crippen LogP contribution in [-0.4, -0.2) is 35.3 Å². The first-order valence-electron chi connectivity index (χ1n) is 8.98. The van der Waals surface area contributed by atoms with E-state index in [2.05, 4.69) is 40.7 Å². The minimum absolute atomic E-state index is 0.0833. The number of benzene rings is 1. The van der Waals surface area contributed by atoms with Gasteiger partial charge < -0.3 is 0 Å². The zero-order chi connectivity index (χ0) is 19.8. The van der Waals surface area contributed by atoms with E-state index in [1.54, 1.807) is 18.2 Å². The van der Waals surface area contributed by atoms with Gasteiger partial charge in [0.25, 0.3) is 0 Å². The fraction of sp³-hybridized carbons (Fsp3) is 0.158. The summed E-state index contributed by atoms with van der Waals surface area (Å²) in [4.78, 5) is 12.5. The molecule has 1 aliphatic carbocycles. The second-order valence-electron chi connectivity index (χ2n) is 6.61. The van der Waals surface area contributed by atoms with Gasteiger partial charge in [-0.1, -0.05) is 12.1 Å². The quantitative estimate of drug-likeness (QED) is 0.534. The van der Waals surface area contributed by atoms with E-state index in [1.165, 1.54) is 18.3 Å². The van der Waals surface area contributed by atoms with Gasteiger partial charge in [-0.15, -0.1) is 10.2 Å². The molecule has 0 amide bonds. The predicted octanol–water partition coefficient (Wildman–Crippen LogP) is 3.62. The summed E-state index contributed by atoms with van der Waals surface area (Å²) in [5.41, 5.74) is 0.554. The number of H-pyrrole nitrogens is 1. The molecule has 0 aliphatic heterocycles. The summed E-state index contributed by atoms with van der Waals surface area (Å²) in [5.74, 6) is 0.435. The van der Waals surface area contributed by atoms with Gasteiger partial charge in [0.05, 0.1) is 6.20 Å². The van der Waals surface area contributed by atoms with Crippen LogP contribution >= 0.6 is 0 Å². The summed E-state index contributed by atoms with van der Waals surface area (Å²) in [6.07, 6.45) is 4.62. The monoisotopic (exact) mass is 392 g/mol. The van der Waals surface area contributed by atoms with Crippen molar-refractivity contribution in [2.45, 2.75) is 18.8 Å². The molecule has 0 saturated heterocycles. The number of nitrogens with zero attached hydrogens (tertiary/aromatic N) is 6. The molecule has 1 aromatic carbocycles. The minimum Gasteiger partial charge on any atom is -0.292 e. The number of pyridine rings is 1. The molecule has 1 saturated carbocycles. The van der Waals surface area contributed by atoms with Gasteiger partial charge in [-0.3, -0.25) is 10.3 Å². The Morgan fingerprint density at radius 2 is 1.76 bits per heavy atom. The highest BCUT2D eigenvalue weighted by molar-refractivity contribution is 5.78. The summed E-state index contributed by atoms with van der Waals surface area (Å²) < 4.78 is 28.8. The molecule has 0 bridgehead atoms. The van der Waals surface area contributed by atoms with Crippen molar-refractivity contribution in [3.63, 3.8) is 0 Å². The molecule has 29 heavy (non-hydrogen) atoms. The smallest absolute Gasteiger partial charge is 0.250 e. The van der Waals surface area contributed by atoms with Gasteiger partial charge in [0, 0.05) is 23.2 Å². The Morgan fingerprint density at radius 3 is 2.55 bits per heavy atom. The molecule has 4 aromatic rings. The van der Waals surface area contributed by atoms with Crippen molar-refractivity contribution in [2.24, 2.45) is 0 Å². The number of anilines is 2. The maximum Gasteiger partial charge on any atom is 0.250 e. The Hall–Kier alpha value is -3.82. The van der Waals surface area contributed by atoms with Crippen LogP contribution in [0.2, 0.25) is 0 Å². The first kappa shape index (κ1) is 17.3. The third-order valence-corrected chi connectivity index (χ3v) is 4.52. The zero-order valence-corrected chi connectivity index (χ0v) is 15.0. The largest absolute Gasteiger partial charge is 0.292 e. The highest BCUT2D eigenvalue weighted by Crippen LogP contribution is 2.38. The predicted molar refractivity (Wildman–Crippen MR) is 100 cm³/mol. The van der Waals surface area contributed by atoms with E-state index in [0.29, 0.717) is 11.9 Å². The Bertz CT molecular complexity index is 1190. The van der Waals surface area contributed by atoms with Crippen molar-refractivity contribution in [2.75, 3.05) is 5.32 Å². The maximum atomic E-state index is 14.5. The van der Waals surface area contributed by atoms with Crippen LogP contribution in [0.3, 0.4) is 0 Å². The van der Waals surface area contributed by atoms with E-state index in [9.17, 15) is 8.78 Å². The van der Waals surface area contributed by atoms with E-state index in [1.807, 2.05) is 0 Å². The van der Waals surface area contributed by atoms with Crippen LogP contribution < -0.4 is 5.32 Å². The number of aromatic nitrogens is 7. The molecule has 3 aromatic heterocycles. The molecule has 1 aliphatic rings. The molecule has 0 atom stereocenters. The second kappa shape index (κ2) is 6.97. The third-order valence-electron chi connectivity index (χ3n) is 4.52. The van der Waals surface area contributed by atoms with Crippen LogP contribution in [0.4, 0.5) is 20.7 Å².